The van der Waals surface area contributed by atoms with Gasteiger partial charge in [-0.15, -0.1) is 0 Å². The molecule has 1 aromatic rings. The van der Waals surface area contributed by atoms with Gasteiger partial charge in [0.1, 0.15) is 5.76 Å². The predicted octanol–water partition coefficient (Wildman–Crippen LogP) is 1.89. The molecule has 1 saturated carbocycles. The highest BCUT2D eigenvalue weighted by atomic mass is 79.9. The Morgan fingerprint density at radius 3 is 2.93 bits per heavy atom. The van der Waals surface area contributed by atoms with E-state index < -0.39 is 0 Å². The topological polar surface area (TPSA) is 55.1 Å². The highest BCUT2D eigenvalue weighted by Crippen LogP contribution is 2.46. The zero-order valence-electron chi connectivity index (χ0n) is 8.55. The molecule has 0 radical (unpaired) electrons. The largest absolute Gasteiger partial charge is 0.361 e. The minimum atomic E-state index is -0.154. The van der Waals surface area contributed by atoms with Gasteiger partial charge >= 0.3 is 0 Å². The molecule has 0 aliphatic heterocycles. The number of aromatic nitrogens is 1. The molecule has 5 heteroatoms. The van der Waals surface area contributed by atoms with Crippen LogP contribution in [0.25, 0.3) is 0 Å². The van der Waals surface area contributed by atoms with E-state index >= 15 is 0 Å². The number of carbonyl (C=O) groups is 1. The molecule has 0 atom stereocenters. The van der Waals surface area contributed by atoms with E-state index in [1.165, 1.54) is 12.8 Å². The van der Waals surface area contributed by atoms with Gasteiger partial charge < -0.3 is 9.84 Å². The highest BCUT2D eigenvalue weighted by molar-refractivity contribution is 9.09. The molecular formula is C10H13BrN2O2. The Hall–Kier alpha value is -0.840. The van der Waals surface area contributed by atoms with Crippen molar-refractivity contribution in [1.82, 2.24) is 10.5 Å². The Balaban J connectivity index is 1.88. The molecule has 2 rings (SSSR count). The number of carbonyl (C=O) groups excluding carboxylic acids is 1. The van der Waals surface area contributed by atoms with Crippen LogP contribution in [0.4, 0.5) is 0 Å². The third-order valence-electron chi connectivity index (χ3n) is 2.73. The van der Waals surface area contributed by atoms with Crippen LogP contribution in [0.15, 0.2) is 10.6 Å². The molecular weight excluding hydrogens is 260 g/mol. The Morgan fingerprint density at radius 1 is 1.73 bits per heavy atom. The molecule has 4 nitrogen and oxygen atoms in total. The second kappa shape index (κ2) is 3.96. The Kier molecular flexibility index (Phi) is 2.82. The number of hydrogen-bond acceptors (Lipinski definition) is 3. The van der Waals surface area contributed by atoms with Crippen LogP contribution < -0.4 is 5.32 Å². The number of hydrogen-bond donors (Lipinski definition) is 1. The van der Waals surface area contributed by atoms with Crippen molar-refractivity contribution in [2.75, 3.05) is 11.9 Å². The minimum absolute atomic E-state index is 0.154. The maximum absolute atomic E-state index is 11.6. The monoisotopic (exact) mass is 272 g/mol. The summed E-state index contributed by atoms with van der Waals surface area (Å²) in [6.07, 6.45) is 2.35. The van der Waals surface area contributed by atoms with Crippen LogP contribution >= 0.6 is 15.9 Å². The zero-order valence-corrected chi connectivity index (χ0v) is 10.1. The van der Waals surface area contributed by atoms with E-state index in [9.17, 15) is 4.79 Å². The van der Waals surface area contributed by atoms with Gasteiger partial charge in [0.25, 0.3) is 5.91 Å². The summed E-state index contributed by atoms with van der Waals surface area (Å²) in [6.45, 7) is 2.48. The summed E-state index contributed by atoms with van der Waals surface area (Å²) < 4.78 is 4.84. The summed E-state index contributed by atoms with van der Waals surface area (Å²) in [5.41, 5.74) is 0.645. The van der Waals surface area contributed by atoms with Crippen LogP contribution in [0, 0.1) is 12.3 Å². The summed E-state index contributed by atoms with van der Waals surface area (Å²) in [7, 11) is 0. The van der Waals surface area contributed by atoms with Crippen molar-refractivity contribution < 1.29 is 9.32 Å². The lowest BCUT2D eigenvalue weighted by molar-refractivity contribution is 0.0937. The fourth-order valence-corrected chi connectivity index (χ4v) is 2.13. The van der Waals surface area contributed by atoms with Gasteiger partial charge in [0, 0.05) is 17.9 Å². The summed E-state index contributed by atoms with van der Waals surface area (Å²) in [4.78, 5) is 11.6. The van der Waals surface area contributed by atoms with Gasteiger partial charge in [-0.25, -0.2) is 0 Å². The number of alkyl halides is 1. The molecule has 1 N–H and O–H groups in total. The molecule has 0 unspecified atom stereocenters. The molecule has 1 aliphatic rings. The molecule has 1 amide bonds. The minimum Gasteiger partial charge on any atom is -0.361 e. The van der Waals surface area contributed by atoms with E-state index in [1.807, 2.05) is 0 Å². The van der Waals surface area contributed by atoms with Crippen molar-refractivity contribution in [3.63, 3.8) is 0 Å². The Labute approximate surface area is 96.5 Å². The second-order valence-electron chi connectivity index (χ2n) is 4.14. The number of aryl methyl sites for hydroxylation is 1. The summed E-state index contributed by atoms with van der Waals surface area (Å²) in [5.74, 6) is 0.501. The number of rotatable bonds is 4. The molecule has 0 saturated heterocycles. The molecule has 0 spiro atoms. The van der Waals surface area contributed by atoms with E-state index in [0.717, 1.165) is 5.33 Å². The van der Waals surface area contributed by atoms with Crippen LogP contribution in [0.1, 0.15) is 29.1 Å². The first-order valence-electron chi connectivity index (χ1n) is 4.93. The SMILES string of the molecule is Cc1cc(C(=O)NCC2(CBr)CC2)no1. The van der Waals surface area contributed by atoms with Gasteiger partial charge in [0.2, 0.25) is 0 Å². The molecule has 0 aromatic carbocycles. The first-order chi connectivity index (χ1) is 7.15. The van der Waals surface area contributed by atoms with Crippen molar-refractivity contribution in [3.05, 3.63) is 17.5 Å². The quantitative estimate of drug-likeness (QED) is 0.852. The number of nitrogens with zero attached hydrogens (tertiary/aromatic N) is 1. The van der Waals surface area contributed by atoms with E-state index in [-0.39, 0.29) is 11.3 Å². The van der Waals surface area contributed by atoms with Crippen molar-refractivity contribution in [2.45, 2.75) is 19.8 Å². The lowest BCUT2D eigenvalue weighted by atomic mass is 10.1. The van der Waals surface area contributed by atoms with Gasteiger partial charge in [-0.05, 0) is 25.2 Å². The van der Waals surface area contributed by atoms with Crippen LogP contribution in [-0.2, 0) is 0 Å². The molecule has 1 fully saturated rings. The maximum atomic E-state index is 11.6. The van der Waals surface area contributed by atoms with Gasteiger partial charge in [-0.1, -0.05) is 21.1 Å². The lowest BCUT2D eigenvalue weighted by Gasteiger charge is -2.11. The number of halogens is 1. The first kappa shape index (κ1) is 10.7. The van der Waals surface area contributed by atoms with Crippen LogP contribution in [-0.4, -0.2) is 22.9 Å². The van der Waals surface area contributed by atoms with Crippen molar-refractivity contribution in [2.24, 2.45) is 5.41 Å². The number of amides is 1. The molecule has 1 aliphatic carbocycles. The van der Waals surface area contributed by atoms with E-state index in [1.54, 1.807) is 13.0 Å². The molecule has 0 bridgehead atoms. The van der Waals surface area contributed by atoms with Crippen LogP contribution in [0.3, 0.4) is 0 Å². The molecule has 15 heavy (non-hydrogen) atoms. The summed E-state index contributed by atoms with van der Waals surface area (Å²) in [6, 6.07) is 1.64. The maximum Gasteiger partial charge on any atom is 0.273 e. The highest BCUT2D eigenvalue weighted by Gasteiger charge is 2.41. The van der Waals surface area contributed by atoms with Gasteiger partial charge in [0.05, 0.1) is 0 Å². The van der Waals surface area contributed by atoms with Gasteiger partial charge in [0.15, 0.2) is 5.69 Å². The average Bonchev–Trinajstić information content (AvgIpc) is 2.90. The third-order valence-corrected chi connectivity index (χ3v) is 3.91. The van der Waals surface area contributed by atoms with E-state index in [4.69, 9.17) is 4.52 Å². The standard InChI is InChI=1S/C10H13BrN2O2/c1-7-4-8(13-15-7)9(14)12-6-10(5-11)2-3-10/h4H,2-3,5-6H2,1H3,(H,12,14). The third kappa shape index (κ3) is 2.40. The van der Waals surface area contributed by atoms with Crippen LogP contribution in [0.2, 0.25) is 0 Å². The van der Waals surface area contributed by atoms with E-state index in [0.29, 0.717) is 18.0 Å². The Morgan fingerprint density at radius 2 is 2.47 bits per heavy atom. The smallest absolute Gasteiger partial charge is 0.273 e. The summed E-state index contributed by atoms with van der Waals surface area (Å²) >= 11 is 3.46. The lowest BCUT2D eigenvalue weighted by Crippen LogP contribution is -2.31. The van der Waals surface area contributed by atoms with Gasteiger partial charge in [-0.2, -0.15) is 0 Å². The second-order valence-corrected chi connectivity index (χ2v) is 4.70. The van der Waals surface area contributed by atoms with Crippen LogP contribution in [0.5, 0.6) is 0 Å². The van der Waals surface area contributed by atoms with Crippen molar-refractivity contribution in [3.8, 4) is 0 Å². The first-order valence-corrected chi connectivity index (χ1v) is 6.05. The zero-order chi connectivity index (χ0) is 10.9. The Bertz CT molecular complexity index is 371. The average molecular weight is 273 g/mol. The van der Waals surface area contributed by atoms with Crippen molar-refractivity contribution in [1.29, 1.82) is 0 Å². The normalized spacial score (nSPS) is 17.5. The number of nitrogens with one attached hydrogen (secondary N) is 1. The predicted molar refractivity (Wildman–Crippen MR) is 59.0 cm³/mol. The molecule has 82 valence electrons. The fraction of sp³-hybridized carbons (Fsp3) is 0.600. The molecule has 1 aromatic heterocycles. The fourth-order valence-electron chi connectivity index (χ4n) is 1.37. The molecule has 1 heterocycles. The summed E-state index contributed by atoms with van der Waals surface area (Å²) in [5, 5.41) is 7.48. The van der Waals surface area contributed by atoms with Crippen molar-refractivity contribution >= 4 is 21.8 Å². The van der Waals surface area contributed by atoms with E-state index in [2.05, 4.69) is 26.4 Å². The van der Waals surface area contributed by atoms with Gasteiger partial charge in [-0.3, -0.25) is 4.79 Å².